The summed E-state index contributed by atoms with van der Waals surface area (Å²) in [5.41, 5.74) is 1.50. The molecule has 4 rings (SSSR count). The molecule has 3 amide bonds. The highest BCUT2D eigenvalue weighted by Crippen LogP contribution is 2.34. The Morgan fingerprint density at radius 2 is 2.03 bits per heavy atom. The first-order valence-corrected chi connectivity index (χ1v) is 12.2. The van der Waals surface area contributed by atoms with Crippen LogP contribution in [0, 0.1) is 5.92 Å². The first-order chi connectivity index (χ1) is 17.7. The lowest BCUT2D eigenvalue weighted by Gasteiger charge is -2.24. The van der Waals surface area contributed by atoms with Gasteiger partial charge in [0.25, 0.3) is 17.4 Å². The van der Waals surface area contributed by atoms with Crippen LogP contribution >= 0.6 is 0 Å². The Balaban J connectivity index is 1.47. The summed E-state index contributed by atoms with van der Waals surface area (Å²) in [5.74, 6) is -0.621. The number of nitrogens with zero attached hydrogens (tertiary/aromatic N) is 2. The highest BCUT2D eigenvalue weighted by atomic mass is 16.4. The molecule has 1 fully saturated rings. The van der Waals surface area contributed by atoms with Gasteiger partial charge in [0.1, 0.15) is 5.56 Å². The van der Waals surface area contributed by atoms with Gasteiger partial charge in [-0.3, -0.25) is 19.3 Å². The first kappa shape index (κ1) is 26.0. The second-order valence-corrected chi connectivity index (χ2v) is 9.48. The van der Waals surface area contributed by atoms with Gasteiger partial charge < -0.3 is 30.6 Å². The van der Waals surface area contributed by atoms with Crippen molar-refractivity contribution >= 4 is 28.8 Å². The molecule has 196 valence electrons. The zero-order valence-electron chi connectivity index (χ0n) is 21.1. The molecule has 11 nitrogen and oxygen atoms in total. The molecule has 0 saturated heterocycles. The molecule has 1 aromatic carbocycles. The van der Waals surface area contributed by atoms with Crippen molar-refractivity contribution in [2.45, 2.75) is 38.5 Å². The number of aromatic nitrogens is 2. The third kappa shape index (κ3) is 6.00. The van der Waals surface area contributed by atoms with Crippen molar-refractivity contribution in [3.63, 3.8) is 0 Å². The highest BCUT2D eigenvalue weighted by molar-refractivity contribution is 5.99. The van der Waals surface area contributed by atoms with Crippen LogP contribution in [-0.2, 0) is 6.54 Å². The van der Waals surface area contributed by atoms with E-state index < -0.39 is 17.6 Å². The number of aromatic amines is 1. The molecule has 1 saturated carbocycles. The third-order valence-corrected chi connectivity index (χ3v) is 6.93. The number of carboxylic acid groups (broad SMARTS) is 1. The minimum atomic E-state index is -1.07. The molecule has 0 bridgehead atoms. The summed E-state index contributed by atoms with van der Waals surface area (Å²) < 4.78 is 1.40. The summed E-state index contributed by atoms with van der Waals surface area (Å²) >= 11 is 0. The van der Waals surface area contributed by atoms with Gasteiger partial charge in [-0.1, -0.05) is 12.1 Å². The fourth-order valence-electron chi connectivity index (χ4n) is 4.49. The SMILES string of the molecule is CNC(=O)c1cc(C(=O)NC2CC2CCN(C)C(C)NC(=O)O)cn(Cc2cccc3[nH]ccc23)c1=O. The zero-order chi connectivity index (χ0) is 26.7. The maximum absolute atomic E-state index is 13.1. The van der Waals surface area contributed by atoms with E-state index in [1.54, 1.807) is 6.92 Å². The molecule has 1 aliphatic carbocycles. The number of pyridine rings is 1. The fraction of sp³-hybridized carbons (Fsp3) is 0.385. The number of H-pyrrole nitrogens is 1. The van der Waals surface area contributed by atoms with E-state index in [9.17, 15) is 19.2 Å². The molecule has 11 heteroatoms. The molecule has 2 aromatic heterocycles. The van der Waals surface area contributed by atoms with Crippen molar-refractivity contribution < 1.29 is 19.5 Å². The van der Waals surface area contributed by atoms with Gasteiger partial charge in [0.15, 0.2) is 0 Å². The Morgan fingerprint density at radius 1 is 1.24 bits per heavy atom. The quantitative estimate of drug-likeness (QED) is 0.264. The summed E-state index contributed by atoms with van der Waals surface area (Å²) in [6.07, 6.45) is 3.56. The standard InChI is InChI=1S/C26H32N6O5/c1-15(29-26(36)37)31(3)10-8-16-12-22(16)30-23(33)18-11-20(24(34)27-2)25(35)32(14-18)13-17-5-4-6-21-19(17)7-9-28-21/h4-7,9,11,14-16,22,28-29H,8,10,12-13H2,1-3H3,(H,27,34)(H,30,33)(H,36,37). The maximum Gasteiger partial charge on any atom is 0.405 e. The first-order valence-electron chi connectivity index (χ1n) is 12.2. The molecule has 3 atom stereocenters. The fourth-order valence-corrected chi connectivity index (χ4v) is 4.49. The average molecular weight is 509 g/mol. The predicted octanol–water partition coefficient (Wildman–Crippen LogP) is 1.79. The largest absolute Gasteiger partial charge is 0.465 e. The van der Waals surface area contributed by atoms with Crippen LogP contribution in [0.25, 0.3) is 10.9 Å². The molecule has 1 aliphatic rings. The number of nitrogens with one attached hydrogen (secondary N) is 4. The van der Waals surface area contributed by atoms with Crippen LogP contribution in [0.3, 0.4) is 0 Å². The number of amides is 3. The lowest BCUT2D eigenvalue weighted by atomic mass is 10.1. The van der Waals surface area contributed by atoms with Crippen LogP contribution < -0.4 is 21.5 Å². The van der Waals surface area contributed by atoms with E-state index in [1.807, 2.05) is 42.4 Å². The van der Waals surface area contributed by atoms with Crippen molar-refractivity contribution in [1.29, 1.82) is 0 Å². The van der Waals surface area contributed by atoms with E-state index in [4.69, 9.17) is 5.11 Å². The summed E-state index contributed by atoms with van der Waals surface area (Å²) in [4.78, 5) is 54.5. The Kier molecular flexibility index (Phi) is 7.63. The van der Waals surface area contributed by atoms with Crippen LogP contribution in [0.1, 0.15) is 46.0 Å². The van der Waals surface area contributed by atoms with Gasteiger partial charge in [-0.25, -0.2) is 4.79 Å². The normalized spacial score (nSPS) is 17.4. The van der Waals surface area contributed by atoms with Crippen LogP contribution in [0.4, 0.5) is 4.79 Å². The van der Waals surface area contributed by atoms with Gasteiger partial charge in [0, 0.05) is 42.9 Å². The average Bonchev–Trinajstić information content (AvgIpc) is 3.41. The minimum absolute atomic E-state index is 0.0129. The van der Waals surface area contributed by atoms with Gasteiger partial charge in [0.2, 0.25) is 0 Å². The van der Waals surface area contributed by atoms with Crippen LogP contribution in [0.15, 0.2) is 47.5 Å². The molecule has 3 unspecified atom stereocenters. The Labute approximate surface area is 213 Å². The molecule has 2 heterocycles. The van der Waals surface area contributed by atoms with Gasteiger partial charge in [-0.05, 0) is 56.5 Å². The van der Waals surface area contributed by atoms with Gasteiger partial charge in [0.05, 0.1) is 18.3 Å². The monoisotopic (exact) mass is 508 g/mol. The molecule has 0 aliphatic heterocycles. The minimum Gasteiger partial charge on any atom is -0.465 e. The van der Waals surface area contributed by atoms with Gasteiger partial charge in [-0.2, -0.15) is 0 Å². The Bertz CT molecular complexity index is 1380. The van der Waals surface area contributed by atoms with Crippen LogP contribution in [0.5, 0.6) is 0 Å². The molecule has 0 radical (unpaired) electrons. The molecule has 37 heavy (non-hydrogen) atoms. The van der Waals surface area contributed by atoms with Gasteiger partial charge in [-0.15, -0.1) is 0 Å². The molecule has 0 spiro atoms. The van der Waals surface area contributed by atoms with Crippen LogP contribution in [-0.4, -0.2) is 70.3 Å². The second kappa shape index (κ2) is 10.9. The number of hydrogen-bond acceptors (Lipinski definition) is 5. The molecule has 3 aromatic rings. The predicted molar refractivity (Wildman–Crippen MR) is 139 cm³/mol. The topological polar surface area (TPSA) is 149 Å². The second-order valence-electron chi connectivity index (χ2n) is 9.48. The van der Waals surface area contributed by atoms with Crippen molar-refractivity contribution in [2.24, 2.45) is 5.92 Å². The molecule has 5 N–H and O–H groups in total. The summed E-state index contributed by atoms with van der Waals surface area (Å²) in [6, 6.07) is 8.99. The number of hydrogen-bond donors (Lipinski definition) is 5. The smallest absolute Gasteiger partial charge is 0.405 e. The summed E-state index contributed by atoms with van der Waals surface area (Å²) in [7, 11) is 3.28. The van der Waals surface area contributed by atoms with E-state index in [0.717, 1.165) is 29.3 Å². The maximum atomic E-state index is 13.1. The van der Waals surface area contributed by atoms with Crippen molar-refractivity contribution in [3.05, 3.63) is 69.8 Å². The lowest BCUT2D eigenvalue weighted by molar-refractivity contribution is 0.0947. The Hall–Kier alpha value is -4.12. The summed E-state index contributed by atoms with van der Waals surface area (Å²) in [5, 5.41) is 17.7. The lowest BCUT2D eigenvalue weighted by Crippen LogP contribution is -2.44. The van der Waals surface area contributed by atoms with E-state index in [-0.39, 0.29) is 41.7 Å². The van der Waals surface area contributed by atoms with E-state index in [1.165, 1.54) is 23.9 Å². The number of rotatable bonds is 10. The van der Waals surface area contributed by atoms with Crippen molar-refractivity contribution in [3.8, 4) is 0 Å². The summed E-state index contributed by atoms with van der Waals surface area (Å²) in [6.45, 7) is 2.66. The third-order valence-electron chi connectivity index (χ3n) is 6.93. The van der Waals surface area contributed by atoms with E-state index >= 15 is 0 Å². The number of fused-ring (bicyclic) bond motifs is 1. The Morgan fingerprint density at radius 3 is 2.76 bits per heavy atom. The van der Waals surface area contributed by atoms with E-state index in [2.05, 4.69) is 20.9 Å². The van der Waals surface area contributed by atoms with Crippen molar-refractivity contribution in [1.82, 2.24) is 30.4 Å². The molecular weight excluding hydrogens is 476 g/mol. The highest BCUT2D eigenvalue weighted by Gasteiger charge is 2.38. The number of carbonyl (C=O) groups is 3. The van der Waals surface area contributed by atoms with Crippen LogP contribution in [0.2, 0.25) is 0 Å². The zero-order valence-corrected chi connectivity index (χ0v) is 21.1. The molecular formula is C26H32N6O5. The number of carbonyl (C=O) groups excluding carboxylic acids is 2. The van der Waals surface area contributed by atoms with Gasteiger partial charge >= 0.3 is 6.09 Å². The van der Waals surface area contributed by atoms with Crippen molar-refractivity contribution in [2.75, 3.05) is 20.6 Å². The van der Waals surface area contributed by atoms with E-state index in [0.29, 0.717) is 6.54 Å². The number of benzene rings is 1.